The number of hydrogen-bond donors (Lipinski definition) is 4. The van der Waals surface area contributed by atoms with Crippen molar-refractivity contribution in [2.45, 2.75) is 71.9 Å². The molecule has 0 radical (unpaired) electrons. The summed E-state index contributed by atoms with van der Waals surface area (Å²) in [6, 6.07) is -0.966. The number of carbonyl (C=O) groups excluding carboxylic acids is 1. The second kappa shape index (κ2) is 10.6. The van der Waals surface area contributed by atoms with Crippen molar-refractivity contribution in [2.24, 2.45) is 0 Å². The zero-order chi connectivity index (χ0) is 25.0. The monoisotopic (exact) mass is 485 g/mol. The number of nitrogens with zero attached hydrogens (tertiary/aromatic N) is 4. The first-order valence-corrected chi connectivity index (χ1v) is 12.3. The van der Waals surface area contributed by atoms with Gasteiger partial charge in [0, 0.05) is 0 Å². The van der Waals surface area contributed by atoms with Gasteiger partial charge in [-0.25, -0.2) is 25.1 Å². The molecule has 2 aromatic heterocycles. The molecule has 0 aliphatic rings. The zero-order valence-electron chi connectivity index (χ0n) is 19.6. The van der Waals surface area contributed by atoms with Crippen LogP contribution in [0.4, 0.5) is 5.82 Å². The average molecular weight is 485 g/mol. The van der Waals surface area contributed by atoms with Crippen LogP contribution in [0.5, 0.6) is 0 Å². The van der Waals surface area contributed by atoms with Crippen LogP contribution in [-0.2, 0) is 30.2 Å². The van der Waals surface area contributed by atoms with Crippen LogP contribution >= 0.6 is 7.44 Å². The molecule has 0 saturated carbocycles. The van der Waals surface area contributed by atoms with E-state index in [4.69, 9.17) is 15.2 Å². The first-order chi connectivity index (χ1) is 15.2. The number of rotatable bonds is 12. The van der Waals surface area contributed by atoms with E-state index < -0.39 is 37.1 Å². The highest BCUT2D eigenvalue weighted by molar-refractivity contribution is 7.59. The molecule has 5 N–H and O–H groups in total. The number of hydrogen-bond acceptors (Lipinski definition) is 9. The van der Waals surface area contributed by atoms with E-state index in [0.717, 1.165) is 0 Å². The number of aromatic nitrogens is 4. The minimum absolute atomic E-state index is 0.253. The van der Waals surface area contributed by atoms with Crippen molar-refractivity contribution >= 4 is 36.4 Å². The van der Waals surface area contributed by atoms with Crippen molar-refractivity contribution in [3.8, 4) is 0 Å². The van der Waals surface area contributed by atoms with Gasteiger partial charge in [0.1, 0.15) is 29.8 Å². The third-order valence-electron chi connectivity index (χ3n) is 4.53. The van der Waals surface area contributed by atoms with Crippen LogP contribution in [0.15, 0.2) is 12.7 Å². The maximum absolute atomic E-state index is 13.6. The SMILES string of the molecule is CC(C)OC(=O)[C@@H](C)N[P@](=O)(CO[C@H](C)Cn1cnc2c(N)ncnc21)NC(C)(C)C(=O)O. The molecule has 184 valence electrons. The topological polar surface area (TPSA) is 184 Å². The number of aliphatic carboxylic acids is 1. The van der Waals surface area contributed by atoms with E-state index in [2.05, 4.69) is 25.1 Å². The lowest BCUT2D eigenvalue weighted by atomic mass is 10.1. The van der Waals surface area contributed by atoms with Gasteiger partial charge in [-0.2, -0.15) is 0 Å². The Hall–Kier alpha value is -2.60. The fraction of sp³-hybridized carbons (Fsp3) is 0.632. The van der Waals surface area contributed by atoms with Crippen LogP contribution < -0.4 is 15.9 Å². The van der Waals surface area contributed by atoms with Gasteiger partial charge >= 0.3 is 11.9 Å². The Morgan fingerprint density at radius 3 is 2.52 bits per heavy atom. The summed E-state index contributed by atoms with van der Waals surface area (Å²) in [5, 5.41) is 14.8. The Labute approximate surface area is 191 Å². The lowest BCUT2D eigenvalue weighted by Gasteiger charge is -2.31. The molecule has 0 unspecified atom stereocenters. The van der Waals surface area contributed by atoms with Crippen LogP contribution in [0.1, 0.15) is 41.5 Å². The molecule has 2 aromatic rings. The lowest BCUT2D eigenvalue weighted by molar-refractivity contribution is -0.149. The van der Waals surface area contributed by atoms with Gasteiger partial charge in [0.15, 0.2) is 11.5 Å². The Morgan fingerprint density at radius 1 is 1.24 bits per heavy atom. The molecule has 0 aliphatic heterocycles. The van der Waals surface area contributed by atoms with Gasteiger partial charge in [-0.15, -0.1) is 0 Å². The Kier molecular flexibility index (Phi) is 8.52. The van der Waals surface area contributed by atoms with Crippen LogP contribution in [0.3, 0.4) is 0 Å². The first kappa shape index (κ1) is 26.7. The van der Waals surface area contributed by atoms with E-state index in [1.54, 1.807) is 31.7 Å². The molecule has 14 heteroatoms. The molecule has 2 heterocycles. The summed E-state index contributed by atoms with van der Waals surface area (Å²) in [6.07, 6.45) is 1.66. The first-order valence-electron chi connectivity index (χ1n) is 10.4. The Balaban J connectivity index is 2.14. The highest BCUT2D eigenvalue weighted by atomic mass is 31.2. The molecule has 0 bridgehead atoms. The Morgan fingerprint density at radius 2 is 1.91 bits per heavy atom. The van der Waals surface area contributed by atoms with E-state index in [-0.39, 0.29) is 18.3 Å². The summed E-state index contributed by atoms with van der Waals surface area (Å²) in [4.78, 5) is 36.1. The van der Waals surface area contributed by atoms with Gasteiger partial charge in [0.25, 0.3) is 0 Å². The second-order valence-corrected chi connectivity index (χ2v) is 10.8. The van der Waals surface area contributed by atoms with Crippen molar-refractivity contribution in [3.05, 3.63) is 12.7 Å². The van der Waals surface area contributed by atoms with E-state index in [1.807, 2.05) is 0 Å². The molecular formula is C19H32N7O6P. The predicted molar refractivity (Wildman–Crippen MR) is 121 cm³/mol. The summed E-state index contributed by atoms with van der Waals surface area (Å²) in [5.74, 6) is -1.57. The van der Waals surface area contributed by atoms with Crippen LogP contribution in [0.2, 0.25) is 0 Å². The van der Waals surface area contributed by atoms with E-state index in [9.17, 15) is 19.3 Å². The maximum Gasteiger partial charge on any atom is 0.323 e. The number of nitrogen functional groups attached to an aromatic ring is 1. The van der Waals surface area contributed by atoms with Gasteiger partial charge in [-0.1, -0.05) is 0 Å². The molecule has 0 aromatic carbocycles. The minimum Gasteiger partial charge on any atom is -0.480 e. The molecule has 2 rings (SSSR count). The number of fused-ring (bicyclic) bond motifs is 1. The highest BCUT2D eigenvalue weighted by Gasteiger charge is 2.38. The van der Waals surface area contributed by atoms with Gasteiger partial charge in [-0.05, 0) is 41.5 Å². The summed E-state index contributed by atoms with van der Waals surface area (Å²) >= 11 is 0. The number of anilines is 1. The number of ether oxygens (including phenoxy) is 2. The van der Waals surface area contributed by atoms with Gasteiger partial charge in [0.05, 0.1) is 25.1 Å². The highest BCUT2D eigenvalue weighted by Crippen LogP contribution is 2.40. The number of imidazole rings is 1. The van der Waals surface area contributed by atoms with Crippen LogP contribution in [-0.4, -0.2) is 66.7 Å². The minimum atomic E-state index is -3.72. The smallest absolute Gasteiger partial charge is 0.323 e. The van der Waals surface area contributed by atoms with E-state index in [0.29, 0.717) is 17.7 Å². The molecule has 0 saturated heterocycles. The number of carboxylic acids is 1. The molecule has 3 atom stereocenters. The number of esters is 1. The fourth-order valence-electron chi connectivity index (χ4n) is 2.90. The molecule has 0 fully saturated rings. The number of nitrogens with one attached hydrogen (secondary N) is 2. The van der Waals surface area contributed by atoms with Crippen LogP contribution in [0.25, 0.3) is 11.2 Å². The van der Waals surface area contributed by atoms with E-state index >= 15 is 0 Å². The molecule has 13 nitrogen and oxygen atoms in total. The average Bonchev–Trinajstić information content (AvgIpc) is 3.09. The Bertz CT molecular complexity index is 1040. The largest absolute Gasteiger partial charge is 0.480 e. The molecule has 0 spiro atoms. The van der Waals surface area contributed by atoms with Crippen LogP contribution in [0, 0.1) is 0 Å². The van der Waals surface area contributed by atoms with E-state index in [1.165, 1.54) is 27.1 Å². The van der Waals surface area contributed by atoms with Gasteiger partial charge in [-0.3, -0.25) is 14.2 Å². The number of nitrogens with two attached hydrogens (primary N) is 1. The molecular weight excluding hydrogens is 453 g/mol. The van der Waals surface area contributed by atoms with Crippen molar-refractivity contribution in [3.63, 3.8) is 0 Å². The maximum atomic E-state index is 13.6. The standard InChI is InChI=1S/C19H32N7O6P/c1-11(2)32-17(27)13(4)24-33(30,25-19(5,6)18(28)29)10-31-12(3)7-26-9-23-14-15(20)21-8-22-16(14)26/h8-9,11-13H,7,10H2,1-6H3,(H,28,29)(H2,20,21,22)(H2,24,25,30)/t12-,13-,33-/m1/s1. The van der Waals surface area contributed by atoms with Gasteiger partial charge < -0.3 is 24.9 Å². The zero-order valence-corrected chi connectivity index (χ0v) is 20.5. The normalized spacial score (nSPS) is 15.8. The van der Waals surface area contributed by atoms with Crippen molar-refractivity contribution in [1.29, 1.82) is 0 Å². The summed E-state index contributed by atoms with van der Waals surface area (Å²) in [6.45, 7) is 9.66. The van der Waals surface area contributed by atoms with Crippen molar-refractivity contribution in [2.75, 3.05) is 12.1 Å². The molecule has 0 aliphatic carbocycles. The number of carboxylic acid groups (broad SMARTS) is 1. The third-order valence-corrected chi connectivity index (χ3v) is 6.76. The van der Waals surface area contributed by atoms with Crippen molar-refractivity contribution < 1.29 is 28.7 Å². The molecule has 0 amide bonds. The lowest BCUT2D eigenvalue weighted by Crippen LogP contribution is -2.49. The third kappa shape index (κ3) is 7.19. The summed E-state index contributed by atoms with van der Waals surface area (Å²) < 4.78 is 26.3. The predicted octanol–water partition coefficient (Wildman–Crippen LogP) is 1.35. The van der Waals surface area contributed by atoms with Gasteiger partial charge in [0.2, 0.25) is 7.44 Å². The summed E-state index contributed by atoms with van der Waals surface area (Å²) in [7, 11) is -3.72. The quantitative estimate of drug-likeness (QED) is 0.250. The summed E-state index contributed by atoms with van der Waals surface area (Å²) in [5.41, 5.74) is 5.23. The fourth-order valence-corrected chi connectivity index (χ4v) is 5.29. The number of carbonyl (C=O) groups is 2. The molecule has 33 heavy (non-hydrogen) atoms. The van der Waals surface area contributed by atoms with Crippen molar-refractivity contribution in [1.82, 2.24) is 29.7 Å². The second-order valence-electron chi connectivity index (χ2n) is 8.55.